The Kier molecular flexibility index (Phi) is 4.96. The fourth-order valence-electron chi connectivity index (χ4n) is 5.54. The van der Waals surface area contributed by atoms with Gasteiger partial charge in [0.05, 0.1) is 28.8 Å². The Hall–Kier alpha value is -4.07. The summed E-state index contributed by atoms with van der Waals surface area (Å²) in [6.07, 6.45) is 3.11. The Morgan fingerprint density at radius 3 is 2.56 bits per heavy atom. The molecule has 1 unspecified atom stereocenters. The highest BCUT2D eigenvalue weighted by molar-refractivity contribution is 5.96. The van der Waals surface area contributed by atoms with E-state index in [1.54, 1.807) is 48.3 Å². The van der Waals surface area contributed by atoms with Crippen LogP contribution in [0, 0.1) is 5.82 Å². The van der Waals surface area contributed by atoms with Gasteiger partial charge in [0.2, 0.25) is 5.91 Å². The highest BCUT2D eigenvalue weighted by atomic mass is 19.1. The number of pyridine rings is 1. The topological polar surface area (TPSA) is 88.6 Å². The van der Waals surface area contributed by atoms with Gasteiger partial charge in [-0.2, -0.15) is 0 Å². The molecule has 1 atom stereocenters. The molecule has 2 aromatic carbocycles. The van der Waals surface area contributed by atoms with Crippen molar-refractivity contribution in [3.63, 3.8) is 0 Å². The van der Waals surface area contributed by atoms with Crippen molar-refractivity contribution < 1.29 is 23.5 Å². The molecule has 2 fully saturated rings. The lowest BCUT2D eigenvalue weighted by Gasteiger charge is -2.27. The number of aromatic nitrogens is 1. The molecular weight excluding hydrogens is 461 g/mol. The second kappa shape index (κ2) is 7.98. The van der Waals surface area contributed by atoms with Crippen LogP contribution in [0.1, 0.15) is 51.1 Å². The number of rotatable bonds is 4. The predicted octanol–water partition coefficient (Wildman–Crippen LogP) is 3.58. The Balaban J connectivity index is 1.24. The van der Waals surface area contributed by atoms with Crippen LogP contribution >= 0.6 is 0 Å². The summed E-state index contributed by atoms with van der Waals surface area (Å²) in [5.74, 6) is -1.19. The largest absolute Gasteiger partial charge is 0.449 e. The van der Waals surface area contributed by atoms with Crippen molar-refractivity contribution in [1.82, 2.24) is 15.2 Å². The van der Waals surface area contributed by atoms with Crippen molar-refractivity contribution in [2.24, 2.45) is 0 Å². The first-order chi connectivity index (χ1) is 17.4. The van der Waals surface area contributed by atoms with Crippen LogP contribution in [-0.4, -0.2) is 47.8 Å². The highest BCUT2D eigenvalue weighted by Crippen LogP contribution is 2.53. The minimum Gasteiger partial charge on any atom is -0.449 e. The fourth-order valence-corrected chi connectivity index (χ4v) is 5.54. The van der Waals surface area contributed by atoms with E-state index < -0.39 is 16.8 Å². The van der Waals surface area contributed by atoms with E-state index in [2.05, 4.69) is 10.3 Å². The zero-order valence-corrected chi connectivity index (χ0v) is 19.7. The normalized spacial score (nSPS) is 21.3. The Bertz CT molecular complexity index is 1420. The first-order valence-corrected chi connectivity index (χ1v) is 12.0. The summed E-state index contributed by atoms with van der Waals surface area (Å²) in [4.78, 5) is 43.8. The van der Waals surface area contributed by atoms with Gasteiger partial charge in [-0.3, -0.25) is 14.6 Å². The van der Waals surface area contributed by atoms with Gasteiger partial charge >= 0.3 is 5.97 Å². The third-order valence-corrected chi connectivity index (χ3v) is 7.64. The van der Waals surface area contributed by atoms with Gasteiger partial charge in [-0.15, -0.1) is 0 Å². The third kappa shape index (κ3) is 3.31. The maximum absolute atomic E-state index is 15.4. The minimum atomic E-state index is -0.896. The Labute approximate surface area is 207 Å². The van der Waals surface area contributed by atoms with Crippen molar-refractivity contribution in [2.45, 2.75) is 30.3 Å². The number of hydrogen-bond acceptors (Lipinski definition) is 5. The number of halogens is 1. The smallest absolute Gasteiger partial charge is 0.339 e. The number of nitrogens with zero attached hydrogens (tertiary/aromatic N) is 2. The van der Waals surface area contributed by atoms with Crippen molar-refractivity contribution in [3.05, 3.63) is 88.9 Å². The van der Waals surface area contributed by atoms with Crippen LogP contribution in [0.2, 0.25) is 0 Å². The first kappa shape index (κ1) is 22.4. The van der Waals surface area contributed by atoms with E-state index >= 15 is 4.39 Å². The molecule has 1 saturated heterocycles. The zero-order chi connectivity index (χ0) is 25.1. The van der Waals surface area contributed by atoms with Crippen molar-refractivity contribution in [2.75, 3.05) is 20.1 Å². The summed E-state index contributed by atoms with van der Waals surface area (Å²) >= 11 is 0. The summed E-state index contributed by atoms with van der Waals surface area (Å²) < 4.78 is 21.2. The third-order valence-electron chi connectivity index (χ3n) is 7.64. The van der Waals surface area contributed by atoms with E-state index in [-0.39, 0.29) is 24.3 Å². The molecule has 0 radical (unpaired) electrons. The molecule has 1 aliphatic carbocycles. The van der Waals surface area contributed by atoms with Gasteiger partial charge in [0.1, 0.15) is 5.82 Å². The van der Waals surface area contributed by atoms with Gasteiger partial charge in [0.15, 0.2) is 5.60 Å². The molecule has 2 amide bonds. The lowest BCUT2D eigenvalue weighted by Crippen LogP contribution is -2.40. The monoisotopic (exact) mass is 485 g/mol. The van der Waals surface area contributed by atoms with Crippen molar-refractivity contribution in [3.8, 4) is 11.3 Å². The SMILES string of the molecule is CNC(=O)c1ccc(-c2ccc(C3(C(=O)N4CCC5(C4)OC(=O)c4ccccc45)CC3)c(F)c2)nc1. The number of likely N-dealkylation sites (tertiary alicyclic amines) is 1. The van der Waals surface area contributed by atoms with Gasteiger partial charge in [0, 0.05) is 42.9 Å². The van der Waals surface area contributed by atoms with Crippen LogP contribution in [0.3, 0.4) is 0 Å². The number of amides is 2. The molecule has 0 bridgehead atoms. The molecule has 7 nitrogen and oxygen atoms in total. The molecule has 3 heterocycles. The molecule has 1 N–H and O–H groups in total. The van der Waals surface area contributed by atoms with Gasteiger partial charge in [0.25, 0.3) is 5.91 Å². The van der Waals surface area contributed by atoms with Crippen LogP contribution < -0.4 is 5.32 Å². The summed E-state index contributed by atoms with van der Waals surface area (Å²) in [6.45, 7) is 0.723. The quantitative estimate of drug-likeness (QED) is 0.571. The van der Waals surface area contributed by atoms with Gasteiger partial charge in [-0.25, -0.2) is 9.18 Å². The molecule has 3 aliphatic rings. The number of esters is 1. The lowest BCUT2D eigenvalue weighted by atomic mass is 9.91. The number of nitrogens with one attached hydrogen (secondary N) is 1. The molecule has 2 aliphatic heterocycles. The molecule has 1 aromatic heterocycles. The fraction of sp³-hybridized carbons (Fsp3) is 0.286. The molecule has 8 heteroatoms. The molecule has 182 valence electrons. The predicted molar refractivity (Wildman–Crippen MR) is 129 cm³/mol. The van der Waals surface area contributed by atoms with Crippen molar-refractivity contribution >= 4 is 17.8 Å². The number of hydrogen-bond donors (Lipinski definition) is 1. The van der Waals surface area contributed by atoms with Crippen LogP contribution in [-0.2, 0) is 20.5 Å². The molecular formula is C28H24FN3O4. The maximum atomic E-state index is 15.4. The Morgan fingerprint density at radius 2 is 1.86 bits per heavy atom. The van der Waals surface area contributed by atoms with Crippen LogP contribution in [0.4, 0.5) is 4.39 Å². The van der Waals surface area contributed by atoms with Gasteiger partial charge in [-0.05, 0) is 37.1 Å². The summed E-state index contributed by atoms with van der Waals surface area (Å²) in [6, 6.07) is 15.4. The highest BCUT2D eigenvalue weighted by Gasteiger charge is 2.58. The minimum absolute atomic E-state index is 0.125. The van der Waals surface area contributed by atoms with Crippen LogP contribution in [0.15, 0.2) is 60.8 Å². The average molecular weight is 486 g/mol. The molecule has 6 rings (SSSR count). The lowest BCUT2D eigenvalue weighted by molar-refractivity contribution is -0.134. The molecule has 1 saturated carbocycles. The number of carbonyl (C=O) groups is 3. The van der Waals surface area contributed by atoms with Crippen LogP contribution in [0.25, 0.3) is 11.3 Å². The summed E-state index contributed by atoms with van der Waals surface area (Å²) in [7, 11) is 1.54. The number of benzene rings is 2. The van der Waals surface area contributed by atoms with Crippen LogP contribution in [0.5, 0.6) is 0 Å². The van der Waals surface area contributed by atoms with E-state index in [0.717, 1.165) is 5.56 Å². The molecule has 36 heavy (non-hydrogen) atoms. The van der Waals surface area contributed by atoms with E-state index in [9.17, 15) is 14.4 Å². The second-order valence-electron chi connectivity index (χ2n) is 9.69. The number of carbonyl (C=O) groups excluding carboxylic acids is 3. The number of ether oxygens (including phenoxy) is 1. The average Bonchev–Trinajstić information content (AvgIpc) is 3.52. The maximum Gasteiger partial charge on any atom is 0.339 e. The Morgan fingerprint density at radius 1 is 1.06 bits per heavy atom. The van der Waals surface area contributed by atoms with Gasteiger partial charge in [-0.1, -0.05) is 30.3 Å². The zero-order valence-electron chi connectivity index (χ0n) is 19.7. The summed E-state index contributed by atoms with van der Waals surface area (Å²) in [5, 5.41) is 2.54. The van der Waals surface area contributed by atoms with E-state index in [1.807, 2.05) is 12.1 Å². The standard InChI is InChI=1S/C28H24FN3O4/c1-30-24(33)18-7-9-23(31-15-18)17-6-8-21(22(29)14-17)27(10-11-27)26(35)32-13-12-28(16-32)20-5-3-2-4-19(20)25(34)36-28/h2-9,14-15H,10-13,16H2,1H3,(H,30,33). The summed E-state index contributed by atoms with van der Waals surface area (Å²) in [5.41, 5.74) is 1.54. The van der Waals surface area contributed by atoms with E-state index in [4.69, 9.17) is 4.74 Å². The molecule has 3 aromatic rings. The van der Waals surface area contributed by atoms with E-state index in [0.29, 0.717) is 53.8 Å². The van der Waals surface area contributed by atoms with Crippen molar-refractivity contribution in [1.29, 1.82) is 0 Å². The molecule has 1 spiro atoms. The van der Waals surface area contributed by atoms with Gasteiger partial charge < -0.3 is 15.0 Å². The number of fused-ring (bicyclic) bond motifs is 2. The second-order valence-corrected chi connectivity index (χ2v) is 9.69. The van der Waals surface area contributed by atoms with E-state index in [1.165, 1.54) is 12.3 Å². The first-order valence-electron chi connectivity index (χ1n) is 12.0.